The molecule has 0 bridgehead atoms. The van der Waals surface area contributed by atoms with Gasteiger partial charge in [0.05, 0.1) is 9.79 Å². The van der Waals surface area contributed by atoms with Crippen LogP contribution in [-0.2, 0) is 41.2 Å². The summed E-state index contributed by atoms with van der Waals surface area (Å²) >= 11 is 6.28. The molecule has 0 heterocycles. The fourth-order valence-corrected chi connectivity index (χ4v) is 8.82. The summed E-state index contributed by atoms with van der Waals surface area (Å²) in [7, 11) is -7.28. The van der Waals surface area contributed by atoms with Crippen LogP contribution in [0.1, 0.15) is 11.1 Å². The highest BCUT2D eigenvalue weighted by atomic mass is 35.5. The van der Waals surface area contributed by atoms with Crippen molar-refractivity contribution in [3.05, 3.63) is 119 Å². The normalized spacial score (nSPS) is 15.4. The lowest BCUT2D eigenvalue weighted by Crippen LogP contribution is -2.35. The lowest BCUT2D eigenvalue weighted by atomic mass is 9.85. The van der Waals surface area contributed by atoms with Gasteiger partial charge in [-0.1, -0.05) is 54.1 Å². The molecule has 0 unspecified atom stereocenters. The van der Waals surface area contributed by atoms with E-state index in [2.05, 4.69) is 0 Å². The first kappa shape index (κ1) is 26.0. The zero-order valence-electron chi connectivity index (χ0n) is 19.2. The van der Waals surface area contributed by atoms with Crippen LogP contribution in [0.5, 0.6) is 0 Å². The predicted octanol–water partition coefficient (Wildman–Crippen LogP) is 4.69. The van der Waals surface area contributed by atoms with Gasteiger partial charge in [-0.25, -0.2) is 16.8 Å². The molecule has 9 heteroatoms. The molecule has 6 nitrogen and oxygen atoms in total. The van der Waals surface area contributed by atoms with Crippen LogP contribution >= 0.6 is 11.6 Å². The van der Waals surface area contributed by atoms with Crippen molar-refractivity contribution < 1.29 is 26.4 Å². The maximum absolute atomic E-state index is 13.8. The van der Waals surface area contributed by atoms with Crippen LogP contribution in [0.4, 0.5) is 0 Å². The molecule has 0 spiro atoms. The highest BCUT2D eigenvalue weighted by molar-refractivity contribution is 8.09. The van der Waals surface area contributed by atoms with Crippen molar-refractivity contribution in [3.63, 3.8) is 0 Å². The minimum atomic E-state index is -4.36. The molecular formula is C27H23ClO6S2. The van der Waals surface area contributed by atoms with Crippen LogP contribution in [0.15, 0.2) is 113 Å². The molecule has 0 fully saturated rings. The summed E-state index contributed by atoms with van der Waals surface area (Å²) in [6.07, 6.45) is 5.40. The molecule has 36 heavy (non-hydrogen) atoms. The third-order valence-electron chi connectivity index (χ3n) is 6.04. The standard InChI is InChI=1S/C27H23ClO6S2/c1-34-27(16-14-22(29)15-17-27)25-13-12-21(28)18-20(25)19-26(35(30,31)23-8-4-2-5-9-23)36(32,33)24-10-6-3-7-11-24/h2-18,26H,19H2,1H3. The Hall–Kier alpha value is -3.04. The zero-order valence-corrected chi connectivity index (χ0v) is 21.6. The average molecular weight is 543 g/mol. The van der Waals surface area contributed by atoms with E-state index >= 15 is 0 Å². The van der Waals surface area contributed by atoms with Gasteiger partial charge >= 0.3 is 0 Å². The second kappa shape index (κ2) is 10.1. The smallest absolute Gasteiger partial charge is 0.196 e. The molecule has 3 aromatic carbocycles. The summed E-state index contributed by atoms with van der Waals surface area (Å²) in [6.45, 7) is 0. The second-order valence-electron chi connectivity index (χ2n) is 8.22. The van der Waals surface area contributed by atoms with Gasteiger partial charge in [0, 0.05) is 18.6 Å². The van der Waals surface area contributed by atoms with Crippen molar-refractivity contribution in [1.82, 2.24) is 0 Å². The first-order chi connectivity index (χ1) is 17.1. The number of carbonyl (C=O) groups is 1. The van der Waals surface area contributed by atoms with Crippen molar-refractivity contribution in [2.45, 2.75) is 26.4 Å². The van der Waals surface area contributed by atoms with Crippen LogP contribution in [0.25, 0.3) is 0 Å². The van der Waals surface area contributed by atoms with E-state index < -0.39 is 36.3 Å². The molecule has 4 rings (SSSR count). The summed E-state index contributed by atoms with van der Waals surface area (Å²) in [4.78, 5) is 11.6. The quantitative estimate of drug-likeness (QED) is 0.410. The van der Waals surface area contributed by atoms with Gasteiger partial charge in [0.1, 0.15) is 5.60 Å². The van der Waals surface area contributed by atoms with Crippen LogP contribution in [0.3, 0.4) is 0 Å². The summed E-state index contributed by atoms with van der Waals surface area (Å²) in [6, 6.07) is 19.7. The minimum absolute atomic E-state index is 0.109. The van der Waals surface area contributed by atoms with Gasteiger partial charge in [0.25, 0.3) is 0 Å². The second-order valence-corrected chi connectivity index (χ2v) is 13.2. The number of halogens is 1. The Morgan fingerprint density at radius 2 is 1.31 bits per heavy atom. The van der Waals surface area contributed by atoms with Crippen LogP contribution in [-0.4, -0.2) is 34.3 Å². The largest absolute Gasteiger partial charge is 0.365 e. The van der Waals surface area contributed by atoms with Crippen molar-refractivity contribution in [1.29, 1.82) is 0 Å². The Balaban J connectivity index is 1.92. The number of rotatable bonds is 8. The molecule has 0 radical (unpaired) electrons. The third-order valence-corrected chi connectivity index (χ3v) is 11.4. The summed E-state index contributed by atoms with van der Waals surface area (Å²) in [5, 5.41) is 0.299. The Bertz CT molecular complexity index is 1460. The average Bonchev–Trinajstić information content (AvgIpc) is 2.89. The predicted molar refractivity (Wildman–Crippen MR) is 138 cm³/mol. The van der Waals surface area contributed by atoms with Gasteiger partial charge < -0.3 is 4.74 Å². The first-order valence-corrected chi connectivity index (χ1v) is 14.4. The summed E-state index contributed by atoms with van der Waals surface area (Å²) in [5.41, 5.74) is -0.367. The number of benzene rings is 3. The third kappa shape index (κ3) is 4.95. The Kier molecular flexibility index (Phi) is 7.33. The fraction of sp³-hybridized carbons (Fsp3) is 0.148. The topological polar surface area (TPSA) is 94.6 Å². The molecule has 0 saturated carbocycles. The molecular weight excluding hydrogens is 520 g/mol. The maximum Gasteiger partial charge on any atom is 0.196 e. The van der Waals surface area contributed by atoms with Crippen LogP contribution < -0.4 is 0 Å². The lowest BCUT2D eigenvalue weighted by Gasteiger charge is -2.31. The Labute approximate surface area is 215 Å². The number of hydrogen-bond acceptors (Lipinski definition) is 6. The van der Waals surface area contributed by atoms with Gasteiger partial charge in [-0.15, -0.1) is 0 Å². The molecule has 0 amide bonds. The number of methoxy groups -OCH3 is 1. The molecule has 1 aliphatic rings. The van der Waals surface area contributed by atoms with Gasteiger partial charge in [-0.2, -0.15) is 0 Å². The zero-order chi connectivity index (χ0) is 26.0. The van der Waals surface area contributed by atoms with Gasteiger partial charge in [0.2, 0.25) is 0 Å². The van der Waals surface area contributed by atoms with E-state index in [1.165, 1.54) is 49.6 Å². The van der Waals surface area contributed by atoms with Crippen molar-refractivity contribution in [3.8, 4) is 0 Å². The number of allylic oxidation sites excluding steroid dienone is 2. The van der Waals surface area contributed by atoms with Crippen molar-refractivity contribution >= 4 is 37.1 Å². The summed E-state index contributed by atoms with van der Waals surface area (Å²) in [5.74, 6) is -0.227. The van der Waals surface area contributed by atoms with Crippen LogP contribution in [0, 0.1) is 0 Å². The minimum Gasteiger partial charge on any atom is -0.365 e. The number of hydrogen-bond donors (Lipinski definition) is 0. The SMILES string of the molecule is COC1(c2ccc(Cl)cc2CC(S(=O)(=O)c2ccccc2)S(=O)(=O)c2ccccc2)C=CC(=O)C=C1. The number of sulfone groups is 2. The van der Waals surface area contributed by atoms with Gasteiger partial charge in [-0.05, 0) is 71.8 Å². The van der Waals surface area contributed by atoms with Gasteiger partial charge in [0.15, 0.2) is 30.0 Å². The van der Waals surface area contributed by atoms with E-state index in [-0.39, 0.29) is 15.6 Å². The van der Waals surface area contributed by atoms with E-state index in [4.69, 9.17) is 16.3 Å². The molecule has 0 aromatic heterocycles. The number of ether oxygens (including phenoxy) is 1. The van der Waals surface area contributed by atoms with Crippen LogP contribution in [0.2, 0.25) is 5.02 Å². The number of ketones is 1. The fourth-order valence-electron chi connectivity index (χ4n) is 4.15. The molecule has 0 aliphatic heterocycles. The molecule has 0 N–H and O–H groups in total. The van der Waals surface area contributed by atoms with E-state index in [9.17, 15) is 21.6 Å². The first-order valence-electron chi connectivity index (χ1n) is 10.9. The molecule has 0 atom stereocenters. The van der Waals surface area contributed by atoms with Crippen molar-refractivity contribution in [2.24, 2.45) is 0 Å². The van der Waals surface area contributed by atoms with Crippen molar-refractivity contribution in [2.75, 3.05) is 7.11 Å². The van der Waals surface area contributed by atoms with E-state index in [0.717, 1.165) is 0 Å². The van der Waals surface area contributed by atoms with E-state index in [1.807, 2.05) is 0 Å². The highest BCUT2D eigenvalue weighted by Gasteiger charge is 2.42. The highest BCUT2D eigenvalue weighted by Crippen LogP contribution is 2.37. The maximum atomic E-state index is 13.8. The summed E-state index contributed by atoms with van der Waals surface area (Å²) < 4.78 is 59.1. The van der Waals surface area contributed by atoms with E-state index in [1.54, 1.807) is 60.7 Å². The molecule has 186 valence electrons. The molecule has 1 aliphatic carbocycles. The lowest BCUT2D eigenvalue weighted by molar-refractivity contribution is -0.110. The monoisotopic (exact) mass is 542 g/mol. The Morgan fingerprint density at radius 1 is 0.806 bits per heavy atom. The van der Waals surface area contributed by atoms with E-state index in [0.29, 0.717) is 16.1 Å². The van der Waals surface area contributed by atoms with Gasteiger partial charge in [-0.3, -0.25) is 4.79 Å². The number of carbonyl (C=O) groups excluding carboxylic acids is 1. The Morgan fingerprint density at radius 3 is 1.78 bits per heavy atom. The molecule has 3 aromatic rings. The molecule has 0 saturated heterocycles.